The minimum Gasteiger partial charge on any atom is -0.391 e. The van der Waals surface area contributed by atoms with Gasteiger partial charge in [0.1, 0.15) is 0 Å². The summed E-state index contributed by atoms with van der Waals surface area (Å²) in [6.45, 7) is 3.41. The molecule has 3 heteroatoms. The van der Waals surface area contributed by atoms with Crippen LogP contribution in [0, 0.1) is 0 Å². The Morgan fingerprint density at radius 3 is 3.06 bits per heavy atom. The second-order valence-electron chi connectivity index (χ2n) is 5.03. The first-order valence-electron chi connectivity index (χ1n) is 6.27. The van der Waals surface area contributed by atoms with E-state index in [1.165, 1.54) is 24.8 Å². The zero-order valence-corrected chi connectivity index (χ0v) is 10.5. The van der Waals surface area contributed by atoms with Crippen LogP contribution in [0.25, 0.3) is 0 Å². The number of aliphatic hydroxyl groups is 1. The van der Waals surface area contributed by atoms with E-state index in [0.717, 1.165) is 13.0 Å². The number of thiophene rings is 1. The van der Waals surface area contributed by atoms with Crippen LogP contribution in [0.3, 0.4) is 0 Å². The van der Waals surface area contributed by atoms with E-state index in [2.05, 4.69) is 23.3 Å². The molecule has 1 aromatic rings. The first-order valence-corrected chi connectivity index (χ1v) is 7.15. The number of fused-ring (bicyclic) bond motifs is 1. The van der Waals surface area contributed by atoms with Crippen molar-refractivity contribution in [1.82, 2.24) is 4.90 Å². The SMILES string of the molecule is CC1c2ccsc2CCN1[C@H]1CCC[C@@H]1O. The molecule has 1 aromatic heterocycles. The highest BCUT2D eigenvalue weighted by molar-refractivity contribution is 7.10. The largest absolute Gasteiger partial charge is 0.391 e. The first-order chi connectivity index (χ1) is 7.77. The van der Waals surface area contributed by atoms with Crippen molar-refractivity contribution in [3.63, 3.8) is 0 Å². The van der Waals surface area contributed by atoms with Gasteiger partial charge in [0.05, 0.1) is 6.10 Å². The van der Waals surface area contributed by atoms with Crippen LogP contribution in [-0.2, 0) is 6.42 Å². The third-order valence-corrected chi connectivity index (χ3v) is 5.19. The van der Waals surface area contributed by atoms with Gasteiger partial charge in [-0.3, -0.25) is 4.90 Å². The van der Waals surface area contributed by atoms with Gasteiger partial charge in [-0.25, -0.2) is 0 Å². The van der Waals surface area contributed by atoms with Gasteiger partial charge in [0.15, 0.2) is 0 Å². The molecule has 16 heavy (non-hydrogen) atoms. The quantitative estimate of drug-likeness (QED) is 0.811. The fourth-order valence-electron chi connectivity index (χ4n) is 3.29. The number of rotatable bonds is 1. The third-order valence-electron chi connectivity index (χ3n) is 4.19. The highest BCUT2D eigenvalue weighted by Gasteiger charge is 2.36. The van der Waals surface area contributed by atoms with Gasteiger partial charge in [-0.05, 0) is 49.6 Å². The van der Waals surface area contributed by atoms with E-state index in [0.29, 0.717) is 12.1 Å². The van der Waals surface area contributed by atoms with Crippen molar-refractivity contribution in [3.05, 3.63) is 21.9 Å². The van der Waals surface area contributed by atoms with Crippen molar-refractivity contribution in [2.75, 3.05) is 6.54 Å². The van der Waals surface area contributed by atoms with Crippen LogP contribution >= 0.6 is 11.3 Å². The zero-order valence-electron chi connectivity index (χ0n) is 9.72. The maximum Gasteiger partial charge on any atom is 0.0695 e. The van der Waals surface area contributed by atoms with Gasteiger partial charge in [-0.2, -0.15) is 0 Å². The third kappa shape index (κ3) is 1.62. The van der Waals surface area contributed by atoms with Gasteiger partial charge in [-0.1, -0.05) is 0 Å². The first kappa shape index (κ1) is 10.8. The lowest BCUT2D eigenvalue weighted by atomic mass is 9.98. The average Bonchev–Trinajstić information content (AvgIpc) is 2.88. The normalized spacial score (nSPS) is 35.2. The average molecular weight is 237 g/mol. The molecule has 0 bridgehead atoms. The Kier molecular flexibility index (Phi) is 2.78. The van der Waals surface area contributed by atoms with E-state index >= 15 is 0 Å². The van der Waals surface area contributed by atoms with Crippen LogP contribution in [-0.4, -0.2) is 28.7 Å². The molecule has 0 radical (unpaired) electrons. The summed E-state index contributed by atoms with van der Waals surface area (Å²) in [7, 11) is 0. The summed E-state index contributed by atoms with van der Waals surface area (Å²) in [6, 6.07) is 3.16. The summed E-state index contributed by atoms with van der Waals surface area (Å²) in [5.74, 6) is 0. The van der Waals surface area contributed by atoms with Crippen molar-refractivity contribution in [3.8, 4) is 0 Å². The predicted molar refractivity (Wildman–Crippen MR) is 66.8 cm³/mol. The topological polar surface area (TPSA) is 23.5 Å². The predicted octanol–water partition coefficient (Wildman–Crippen LogP) is 2.58. The molecule has 0 aromatic carbocycles. The Labute approximate surface area is 101 Å². The van der Waals surface area contributed by atoms with Gasteiger partial charge in [0, 0.05) is 23.5 Å². The van der Waals surface area contributed by atoms with E-state index in [-0.39, 0.29) is 6.10 Å². The molecule has 3 rings (SSSR count). The molecule has 1 fully saturated rings. The summed E-state index contributed by atoms with van der Waals surface area (Å²) < 4.78 is 0. The number of nitrogens with zero attached hydrogens (tertiary/aromatic N) is 1. The number of hydrogen-bond donors (Lipinski definition) is 1. The summed E-state index contributed by atoms with van der Waals surface area (Å²) in [5.41, 5.74) is 1.50. The Bertz CT molecular complexity index is 376. The molecule has 1 saturated carbocycles. The van der Waals surface area contributed by atoms with Gasteiger partial charge in [0.25, 0.3) is 0 Å². The summed E-state index contributed by atoms with van der Waals surface area (Å²) in [6.07, 6.45) is 4.42. The summed E-state index contributed by atoms with van der Waals surface area (Å²) in [4.78, 5) is 4.07. The van der Waals surface area contributed by atoms with E-state index < -0.39 is 0 Å². The summed E-state index contributed by atoms with van der Waals surface area (Å²) in [5, 5.41) is 12.2. The van der Waals surface area contributed by atoms with Crippen LogP contribution in [0.4, 0.5) is 0 Å². The molecule has 3 atom stereocenters. The Morgan fingerprint density at radius 1 is 1.44 bits per heavy atom. The minimum atomic E-state index is -0.0948. The molecule has 2 heterocycles. The van der Waals surface area contributed by atoms with Crippen LogP contribution in [0.1, 0.15) is 42.7 Å². The molecule has 0 spiro atoms. The molecule has 1 aliphatic carbocycles. The van der Waals surface area contributed by atoms with Crippen molar-refractivity contribution in [2.45, 2.75) is 50.8 Å². The molecular formula is C13H19NOS. The van der Waals surface area contributed by atoms with Crippen LogP contribution < -0.4 is 0 Å². The van der Waals surface area contributed by atoms with E-state index in [1.54, 1.807) is 4.88 Å². The van der Waals surface area contributed by atoms with Crippen LogP contribution in [0.15, 0.2) is 11.4 Å². The molecule has 2 nitrogen and oxygen atoms in total. The fraction of sp³-hybridized carbons (Fsp3) is 0.692. The van der Waals surface area contributed by atoms with Gasteiger partial charge in [-0.15, -0.1) is 11.3 Å². The highest BCUT2D eigenvalue weighted by Crippen LogP contribution is 2.37. The van der Waals surface area contributed by atoms with Crippen molar-refractivity contribution in [2.24, 2.45) is 0 Å². The number of aliphatic hydroxyl groups excluding tert-OH is 1. The molecule has 88 valence electrons. The van der Waals surface area contributed by atoms with Crippen LogP contribution in [0.5, 0.6) is 0 Å². The Morgan fingerprint density at radius 2 is 2.31 bits per heavy atom. The van der Waals surface area contributed by atoms with E-state index in [9.17, 15) is 5.11 Å². The lowest BCUT2D eigenvalue weighted by molar-refractivity contribution is 0.0431. The van der Waals surface area contributed by atoms with Crippen molar-refractivity contribution >= 4 is 11.3 Å². The maximum absolute atomic E-state index is 10.0. The molecule has 0 amide bonds. The van der Waals surface area contributed by atoms with E-state index in [4.69, 9.17) is 0 Å². The van der Waals surface area contributed by atoms with E-state index in [1.807, 2.05) is 11.3 Å². The smallest absolute Gasteiger partial charge is 0.0695 e. The highest BCUT2D eigenvalue weighted by atomic mass is 32.1. The van der Waals surface area contributed by atoms with Gasteiger partial charge >= 0.3 is 0 Å². The maximum atomic E-state index is 10.0. The molecule has 1 unspecified atom stereocenters. The standard InChI is InChI=1S/C13H19NOS/c1-9-10-6-8-16-13(10)5-7-14(9)11-3-2-4-12(11)15/h6,8-9,11-12,15H,2-5,7H2,1H3/t9?,11-,12-/m0/s1. The monoisotopic (exact) mass is 237 g/mol. The van der Waals surface area contributed by atoms with Gasteiger partial charge in [0.2, 0.25) is 0 Å². The molecule has 1 aliphatic heterocycles. The van der Waals surface area contributed by atoms with Gasteiger partial charge < -0.3 is 5.11 Å². The zero-order chi connectivity index (χ0) is 11.1. The Hall–Kier alpha value is -0.380. The second-order valence-corrected chi connectivity index (χ2v) is 6.03. The lowest BCUT2D eigenvalue weighted by Crippen LogP contribution is -2.45. The molecule has 1 N–H and O–H groups in total. The summed E-state index contributed by atoms with van der Waals surface area (Å²) >= 11 is 1.89. The Balaban J connectivity index is 1.84. The second kappa shape index (κ2) is 4.13. The molecular weight excluding hydrogens is 218 g/mol. The molecule has 0 saturated heterocycles. The van der Waals surface area contributed by atoms with Crippen molar-refractivity contribution in [1.29, 1.82) is 0 Å². The number of hydrogen-bond acceptors (Lipinski definition) is 3. The lowest BCUT2D eigenvalue weighted by Gasteiger charge is -2.39. The molecule has 2 aliphatic rings. The fourth-order valence-corrected chi connectivity index (χ4v) is 4.25. The minimum absolute atomic E-state index is 0.0948. The van der Waals surface area contributed by atoms with Crippen LogP contribution in [0.2, 0.25) is 0 Å². The van der Waals surface area contributed by atoms with Crippen molar-refractivity contribution < 1.29 is 5.11 Å².